The van der Waals surface area contributed by atoms with Gasteiger partial charge in [-0.15, -0.1) is 0 Å². The van der Waals surface area contributed by atoms with Crippen LogP contribution in [0.15, 0.2) is 30.3 Å². The van der Waals surface area contributed by atoms with Crippen LogP contribution in [-0.2, 0) is 20.7 Å². The Hall–Kier alpha value is -1.46. The molecule has 0 heterocycles. The summed E-state index contributed by atoms with van der Waals surface area (Å²) in [5.74, 6) is -0.322. The van der Waals surface area contributed by atoms with Crippen molar-refractivity contribution in [1.29, 1.82) is 0 Å². The molecule has 2 rings (SSSR count). The molecule has 90 valence electrons. The minimum absolute atomic E-state index is 0.312. The van der Waals surface area contributed by atoms with Crippen molar-refractivity contribution < 1.29 is 13.6 Å². The minimum atomic E-state index is -2.18. The molecule has 4 nitrogen and oxygen atoms in total. The van der Waals surface area contributed by atoms with Gasteiger partial charge in [0.1, 0.15) is 0 Å². The number of benzene rings is 1. The van der Waals surface area contributed by atoms with Crippen LogP contribution >= 0.6 is 0 Å². The van der Waals surface area contributed by atoms with Crippen LogP contribution in [0.5, 0.6) is 0 Å². The standard InChI is InChI=1S/C12H13NO3S/c1-9(14)13-12(17(15)16)8-4-6-10-5-2-3-7-11(10)12/h2-7H,8H2,1H3,(H,13,14)(H,15,16). The molecule has 0 spiro atoms. The normalized spacial score (nSPS) is 23.9. The minimum Gasteiger partial charge on any atom is -0.334 e. The van der Waals surface area contributed by atoms with Gasteiger partial charge in [0.25, 0.3) is 0 Å². The van der Waals surface area contributed by atoms with Gasteiger partial charge in [0, 0.05) is 18.9 Å². The number of hydrogen-bond donors (Lipinski definition) is 2. The first kappa shape index (κ1) is 12.0. The number of amides is 1. The molecule has 0 bridgehead atoms. The van der Waals surface area contributed by atoms with Crippen molar-refractivity contribution >= 4 is 23.1 Å². The summed E-state index contributed by atoms with van der Waals surface area (Å²) in [7, 11) is 0. The highest BCUT2D eigenvalue weighted by molar-refractivity contribution is 7.80. The molecule has 5 heteroatoms. The van der Waals surface area contributed by atoms with E-state index in [2.05, 4.69) is 5.32 Å². The van der Waals surface area contributed by atoms with Gasteiger partial charge in [-0.25, -0.2) is 4.21 Å². The first-order valence-electron chi connectivity index (χ1n) is 5.22. The lowest BCUT2D eigenvalue weighted by molar-refractivity contribution is -0.120. The number of carbonyl (C=O) groups excluding carboxylic acids is 1. The SMILES string of the molecule is CC(=O)NC1(S(=O)O)CC=Cc2ccccc21. The van der Waals surface area contributed by atoms with Gasteiger partial charge in [-0.1, -0.05) is 36.4 Å². The summed E-state index contributed by atoms with van der Waals surface area (Å²) in [6.45, 7) is 1.34. The Bertz CT molecular complexity index is 512. The maximum absolute atomic E-state index is 11.6. The summed E-state index contributed by atoms with van der Waals surface area (Å²) in [4.78, 5) is 10.0. The van der Waals surface area contributed by atoms with E-state index in [0.29, 0.717) is 12.0 Å². The van der Waals surface area contributed by atoms with Crippen LogP contribution < -0.4 is 5.32 Å². The van der Waals surface area contributed by atoms with Crippen molar-refractivity contribution in [1.82, 2.24) is 5.32 Å². The largest absolute Gasteiger partial charge is 0.334 e. The van der Waals surface area contributed by atoms with Gasteiger partial charge in [-0.05, 0) is 5.56 Å². The van der Waals surface area contributed by atoms with E-state index in [1.165, 1.54) is 6.92 Å². The molecular formula is C12H13NO3S. The van der Waals surface area contributed by atoms with E-state index in [-0.39, 0.29) is 5.91 Å². The van der Waals surface area contributed by atoms with Crippen molar-refractivity contribution in [2.75, 3.05) is 0 Å². The molecule has 1 aromatic carbocycles. The lowest BCUT2D eigenvalue weighted by Gasteiger charge is -2.33. The fourth-order valence-corrected chi connectivity index (χ4v) is 2.93. The second-order valence-corrected chi connectivity index (χ2v) is 5.15. The van der Waals surface area contributed by atoms with Gasteiger partial charge in [0.15, 0.2) is 16.0 Å². The molecule has 1 aliphatic rings. The molecule has 2 atom stereocenters. The van der Waals surface area contributed by atoms with Crippen LogP contribution in [0.3, 0.4) is 0 Å². The van der Waals surface area contributed by atoms with E-state index in [9.17, 15) is 13.6 Å². The molecule has 0 fully saturated rings. The molecule has 0 saturated heterocycles. The molecule has 0 radical (unpaired) electrons. The van der Waals surface area contributed by atoms with E-state index in [4.69, 9.17) is 0 Å². The molecule has 0 aromatic heterocycles. The van der Waals surface area contributed by atoms with Crippen LogP contribution in [0.2, 0.25) is 0 Å². The molecule has 17 heavy (non-hydrogen) atoms. The smallest absolute Gasteiger partial charge is 0.218 e. The second kappa shape index (κ2) is 4.43. The average Bonchev–Trinajstić information content (AvgIpc) is 2.28. The molecule has 0 saturated carbocycles. The number of carbonyl (C=O) groups is 1. The predicted octanol–water partition coefficient (Wildman–Crippen LogP) is 1.61. The van der Waals surface area contributed by atoms with Crippen LogP contribution in [0, 0.1) is 0 Å². The van der Waals surface area contributed by atoms with Gasteiger partial charge < -0.3 is 9.87 Å². The summed E-state index contributed by atoms with van der Waals surface area (Å²) in [5, 5.41) is 2.61. The van der Waals surface area contributed by atoms with Gasteiger partial charge in [-0.3, -0.25) is 4.79 Å². The number of hydrogen-bond acceptors (Lipinski definition) is 2. The van der Waals surface area contributed by atoms with Crippen molar-refractivity contribution in [3.8, 4) is 0 Å². The summed E-state index contributed by atoms with van der Waals surface area (Å²) in [5.41, 5.74) is 1.54. The molecule has 2 unspecified atom stereocenters. The highest BCUT2D eigenvalue weighted by atomic mass is 32.2. The zero-order valence-electron chi connectivity index (χ0n) is 9.34. The lowest BCUT2D eigenvalue weighted by atomic mass is 9.92. The van der Waals surface area contributed by atoms with Crippen LogP contribution in [0.4, 0.5) is 0 Å². The maximum Gasteiger partial charge on any atom is 0.218 e. The molecule has 2 N–H and O–H groups in total. The van der Waals surface area contributed by atoms with Crippen LogP contribution in [0.1, 0.15) is 24.5 Å². The Kier molecular flexibility index (Phi) is 3.13. The Morgan fingerprint density at radius 3 is 2.82 bits per heavy atom. The van der Waals surface area contributed by atoms with E-state index in [0.717, 1.165) is 5.56 Å². The molecule has 1 aliphatic carbocycles. The molecule has 0 aliphatic heterocycles. The van der Waals surface area contributed by atoms with E-state index in [1.54, 1.807) is 18.2 Å². The number of rotatable bonds is 2. The molecule has 1 amide bonds. The Morgan fingerprint density at radius 2 is 2.18 bits per heavy atom. The van der Waals surface area contributed by atoms with Gasteiger partial charge >= 0.3 is 0 Å². The monoisotopic (exact) mass is 251 g/mol. The third-order valence-electron chi connectivity index (χ3n) is 2.77. The Labute approximate surface area is 102 Å². The highest BCUT2D eigenvalue weighted by Gasteiger charge is 2.41. The van der Waals surface area contributed by atoms with Gasteiger partial charge in [0.05, 0.1) is 0 Å². The van der Waals surface area contributed by atoms with Crippen molar-refractivity contribution in [2.45, 2.75) is 18.2 Å². The first-order chi connectivity index (χ1) is 8.06. The predicted molar refractivity (Wildman–Crippen MR) is 66.4 cm³/mol. The van der Waals surface area contributed by atoms with Crippen LogP contribution in [-0.4, -0.2) is 14.7 Å². The lowest BCUT2D eigenvalue weighted by Crippen LogP contribution is -2.49. The number of fused-ring (bicyclic) bond motifs is 1. The summed E-state index contributed by atoms with van der Waals surface area (Å²) in [6, 6.07) is 7.27. The van der Waals surface area contributed by atoms with Crippen molar-refractivity contribution in [2.24, 2.45) is 0 Å². The fraction of sp³-hybridized carbons (Fsp3) is 0.250. The summed E-state index contributed by atoms with van der Waals surface area (Å²) >= 11 is -2.18. The van der Waals surface area contributed by atoms with E-state index in [1.807, 2.05) is 18.2 Å². The first-order valence-corrected chi connectivity index (χ1v) is 6.33. The zero-order chi connectivity index (χ0) is 12.5. The van der Waals surface area contributed by atoms with E-state index < -0.39 is 16.0 Å². The van der Waals surface area contributed by atoms with Crippen LogP contribution in [0.25, 0.3) is 6.08 Å². The zero-order valence-corrected chi connectivity index (χ0v) is 10.2. The third-order valence-corrected chi connectivity index (χ3v) is 3.86. The van der Waals surface area contributed by atoms with Gasteiger partial charge in [-0.2, -0.15) is 0 Å². The Balaban J connectivity index is 2.59. The average molecular weight is 251 g/mol. The van der Waals surface area contributed by atoms with Crippen molar-refractivity contribution in [3.63, 3.8) is 0 Å². The summed E-state index contributed by atoms with van der Waals surface area (Å²) < 4.78 is 21.2. The third kappa shape index (κ3) is 2.03. The summed E-state index contributed by atoms with van der Waals surface area (Å²) in [6.07, 6.45) is 4.00. The van der Waals surface area contributed by atoms with Crippen molar-refractivity contribution in [3.05, 3.63) is 41.5 Å². The fourth-order valence-electron chi connectivity index (χ4n) is 2.08. The topological polar surface area (TPSA) is 66.4 Å². The highest BCUT2D eigenvalue weighted by Crippen LogP contribution is 2.35. The second-order valence-electron chi connectivity index (χ2n) is 3.95. The van der Waals surface area contributed by atoms with Gasteiger partial charge in [0.2, 0.25) is 5.91 Å². The number of nitrogens with one attached hydrogen (secondary N) is 1. The molecule has 1 aromatic rings. The molecular weight excluding hydrogens is 238 g/mol. The quantitative estimate of drug-likeness (QED) is 0.785. The van der Waals surface area contributed by atoms with E-state index >= 15 is 0 Å². The Morgan fingerprint density at radius 1 is 1.47 bits per heavy atom. The maximum atomic E-state index is 11.6.